The molecule has 0 saturated carbocycles. The molecular weight excluding hydrogens is 332 g/mol. The molecule has 2 amide bonds. The van der Waals surface area contributed by atoms with E-state index in [0.717, 1.165) is 48.6 Å². The highest BCUT2D eigenvalue weighted by atomic mass is 16.2. The van der Waals surface area contributed by atoms with Gasteiger partial charge in [-0.1, -0.05) is 0 Å². The van der Waals surface area contributed by atoms with Crippen LogP contribution in [0.5, 0.6) is 0 Å². The summed E-state index contributed by atoms with van der Waals surface area (Å²) in [6, 6.07) is 2.32. The lowest BCUT2D eigenvalue weighted by Gasteiger charge is -2.18. The molecule has 0 bridgehead atoms. The number of hydrogen-bond acceptors (Lipinski definition) is 5. The molecule has 2 saturated heterocycles. The highest BCUT2D eigenvalue weighted by molar-refractivity contribution is 5.93. The van der Waals surface area contributed by atoms with E-state index in [0.29, 0.717) is 6.54 Å². The molecule has 0 aromatic carbocycles. The zero-order valence-electron chi connectivity index (χ0n) is 14.5. The zero-order chi connectivity index (χ0) is 17.7. The molecule has 1 N–H and O–H groups in total. The van der Waals surface area contributed by atoms with Crippen molar-refractivity contribution < 1.29 is 4.79 Å². The number of rotatable bonds is 3. The SMILES string of the molecule is CN1CCN(c2cnn(C3CCN(c4ncnc5[nH]ccc45)C3)c2)C1=O. The fourth-order valence-electron chi connectivity index (χ4n) is 3.81. The van der Waals surface area contributed by atoms with Gasteiger partial charge in [0, 0.05) is 45.6 Å². The lowest BCUT2D eigenvalue weighted by atomic mass is 10.3. The summed E-state index contributed by atoms with van der Waals surface area (Å²) in [5, 5.41) is 5.56. The fourth-order valence-corrected chi connectivity index (χ4v) is 3.81. The first-order chi connectivity index (χ1) is 12.7. The van der Waals surface area contributed by atoms with Crippen molar-refractivity contribution in [2.24, 2.45) is 0 Å². The molecule has 3 aromatic rings. The lowest BCUT2D eigenvalue weighted by Crippen LogP contribution is -2.28. The number of amides is 2. The maximum Gasteiger partial charge on any atom is 0.324 e. The van der Waals surface area contributed by atoms with E-state index in [9.17, 15) is 4.79 Å². The number of carbonyl (C=O) groups excluding carboxylic acids is 1. The van der Waals surface area contributed by atoms with Gasteiger partial charge >= 0.3 is 6.03 Å². The Morgan fingerprint density at radius 3 is 3.00 bits per heavy atom. The summed E-state index contributed by atoms with van der Waals surface area (Å²) in [7, 11) is 1.82. The van der Waals surface area contributed by atoms with Crippen molar-refractivity contribution in [3.05, 3.63) is 31.0 Å². The Hall–Kier alpha value is -3.10. The number of urea groups is 1. The minimum atomic E-state index is 0.0356. The monoisotopic (exact) mass is 352 g/mol. The Morgan fingerprint density at radius 2 is 2.15 bits per heavy atom. The molecule has 2 aliphatic rings. The number of aromatic amines is 1. The maximum absolute atomic E-state index is 12.2. The molecule has 2 aliphatic heterocycles. The van der Waals surface area contributed by atoms with Crippen LogP contribution in [0.15, 0.2) is 31.0 Å². The average molecular weight is 352 g/mol. The van der Waals surface area contributed by atoms with Gasteiger partial charge in [0.05, 0.1) is 23.3 Å². The van der Waals surface area contributed by atoms with Crippen LogP contribution in [0.4, 0.5) is 16.3 Å². The molecule has 3 aromatic heterocycles. The highest BCUT2D eigenvalue weighted by Gasteiger charge is 2.30. The van der Waals surface area contributed by atoms with Crippen molar-refractivity contribution >= 4 is 28.6 Å². The van der Waals surface area contributed by atoms with Gasteiger partial charge in [0.15, 0.2) is 0 Å². The van der Waals surface area contributed by atoms with Crippen LogP contribution in [-0.2, 0) is 0 Å². The van der Waals surface area contributed by atoms with E-state index in [1.807, 2.05) is 30.2 Å². The summed E-state index contributed by atoms with van der Waals surface area (Å²) in [6.45, 7) is 3.22. The van der Waals surface area contributed by atoms with E-state index in [2.05, 4.69) is 25.0 Å². The maximum atomic E-state index is 12.2. The lowest BCUT2D eigenvalue weighted by molar-refractivity contribution is 0.229. The quantitative estimate of drug-likeness (QED) is 0.772. The summed E-state index contributed by atoms with van der Waals surface area (Å²) in [5.41, 5.74) is 1.73. The Balaban J connectivity index is 1.35. The van der Waals surface area contributed by atoms with Crippen molar-refractivity contribution in [3.63, 3.8) is 0 Å². The number of likely N-dealkylation sites (N-methyl/N-ethyl adjacent to an activating group) is 1. The summed E-state index contributed by atoms with van der Waals surface area (Å²) < 4.78 is 1.98. The number of carbonyl (C=O) groups is 1. The second kappa shape index (κ2) is 5.72. The number of fused-ring (bicyclic) bond motifs is 1. The molecule has 9 heteroatoms. The van der Waals surface area contributed by atoms with Crippen molar-refractivity contribution in [3.8, 4) is 0 Å². The molecule has 0 spiro atoms. The first-order valence-corrected chi connectivity index (χ1v) is 8.80. The van der Waals surface area contributed by atoms with Gasteiger partial charge in [-0.05, 0) is 12.5 Å². The molecule has 1 unspecified atom stereocenters. The van der Waals surface area contributed by atoms with Crippen molar-refractivity contribution in [2.45, 2.75) is 12.5 Å². The van der Waals surface area contributed by atoms with Crippen LogP contribution in [0, 0.1) is 0 Å². The summed E-state index contributed by atoms with van der Waals surface area (Å²) in [4.78, 5) is 29.8. The van der Waals surface area contributed by atoms with Gasteiger partial charge in [0.1, 0.15) is 17.8 Å². The van der Waals surface area contributed by atoms with Crippen molar-refractivity contribution in [1.82, 2.24) is 29.6 Å². The van der Waals surface area contributed by atoms with Crippen molar-refractivity contribution in [1.29, 1.82) is 0 Å². The van der Waals surface area contributed by atoms with E-state index in [1.165, 1.54) is 0 Å². The smallest absolute Gasteiger partial charge is 0.324 e. The summed E-state index contributed by atoms with van der Waals surface area (Å²) in [6.07, 6.45) is 8.25. The van der Waals surface area contributed by atoms with E-state index >= 15 is 0 Å². The van der Waals surface area contributed by atoms with Crippen LogP contribution in [0.2, 0.25) is 0 Å². The van der Waals surface area contributed by atoms with Crippen LogP contribution in [0.1, 0.15) is 12.5 Å². The molecule has 134 valence electrons. The van der Waals surface area contributed by atoms with Gasteiger partial charge < -0.3 is 14.8 Å². The number of nitrogens with zero attached hydrogens (tertiary/aromatic N) is 7. The zero-order valence-corrected chi connectivity index (χ0v) is 14.5. The molecular formula is C17H20N8O. The Kier molecular flexibility index (Phi) is 3.34. The summed E-state index contributed by atoms with van der Waals surface area (Å²) >= 11 is 0. The standard InChI is InChI=1S/C17H20N8O/c1-22-6-7-24(17(22)26)13-8-21-25(10-13)12-3-5-23(9-12)16-14-2-4-18-15(14)19-11-20-16/h2,4,8,10-12H,3,5-7,9H2,1H3,(H,18,19,20). The molecule has 2 fully saturated rings. The van der Waals surface area contributed by atoms with Gasteiger partial charge in [-0.3, -0.25) is 9.58 Å². The van der Waals surface area contributed by atoms with Crippen LogP contribution in [0.3, 0.4) is 0 Å². The molecule has 0 aliphatic carbocycles. The van der Waals surface area contributed by atoms with Gasteiger partial charge in [-0.15, -0.1) is 0 Å². The first-order valence-electron chi connectivity index (χ1n) is 8.80. The third kappa shape index (κ3) is 2.31. The number of aromatic nitrogens is 5. The fraction of sp³-hybridized carbons (Fsp3) is 0.412. The topological polar surface area (TPSA) is 86.2 Å². The molecule has 1 atom stereocenters. The van der Waals surface area contributed by atoms with E-state index in [-0.39, 0.29) is 12.1 Å². The molecule has 9 nitrogen and oxygen atoms in total. The minimum Gasteiger partial charge on any atom is -0.354 e. The molecule has 0 radical (unpaired) electrons. The summed E-state index contributed by atoms with van der Waals surface area (Å²) in [5.74, 6) is 0.961. The Labute approximate surface area is 150 Å². The van der Waals surface area contributed by atoms with Gasteiger partial charge in [0.25, 0.3) is 0 Å². The second-order valence-electron chi connectivity index (χ2n) is 6.86. The number of hydrogen-bond donors (Lipinski definition) is 1. The average Bonchev–Trinajstić information content (AvgIpc) is 3.42. The van der Waals surface area contributed by atoms with Gasteiger partial charge in [-0.2, -0.15) is 5.10 Å². The number of H-pyrrole nitrogens is 1. The third-order valence-corrected chi connectivity index (χ3v) is 5.29. The van der Waals surface area contributed by atoms with Crippen LogP contribution < -0.4 is 9.80 Å². The van der Waals surface area contributed by atoms with E-state index in [4.69, 9.17) is 0 Å². The van der Waals surface area contributed by atoms with Gasteiger partial charge in [0.2, 0.25) is 0 Å². The predicted octanol–water partition coefficient (Wildman–Crippen LogP) is 1.48. The largest absolute Gasteiger partial charge is 0.354 e. The van der Waals surface area contributed by atoms with Crippen molar-refractivity contribution in [2.75, 3.05) is 43.0 Å². The van der Waals surface area contributed by atoms with Crippen LogP contribution >= 0.6 is 0 Å². The Morgan fingerprint density at radius 1 is 1.23 bits per heavy atom. The van der Waals surface area contributed by atoms with Crippen LogP contribution in [-0.4, -0.2) is 68.9 Å². The normalized spacial score (nSPS) is 20.7. The van der Waals surface area contributed by atoms with E-state index < -0.39 is 0 Å². The predicted molar refractivity (Wildman–Crippen MR) is 97.4 cm³/mol. The van der Waals surface area contributed by atoms with Gasteiger partial charge in [-0.25, -0.2) is 14.8 Å². The minimum absolute atomic E-state index is 0.0356. The molecule has 5 rings (SSSR count). The molecule has 26 heavy (non-hydrogen) atoms. The van der Waals surface area contributed by atoms with Crippen LogP contribution in [0.25, 0.3) is 11.0 Å². The third-order valence-electron chi connectivity index (χ3n) is 5.29. The number of nitrogens with one attached hydrogen (secondary N) is 1. The molecule has 5 heterocycles. The highest BCUT2D eigenvalue weighted by Crippen LogP contribution is 2.30. The Bertz CT molecular complexity index is 962. The van der Waals surface area contributed by atoms with E-state index in [1.54, 1.807) is 22.3 Å². The second-order valence-corrected chi connectivity index (χ2v) is 6.86. The number of anilines is 2. The first kappa shape index (κ1) is 15.2.